The normalized spacial score (nSPS) is 18.8. The van der Waals surface area contributed by atoms with E-state index >= 15 is 0 Å². The third kappa shape index (κ3) is 3.62. The van der Waals surface area contributed by atoms with E-state index in [0.717, 1.165) is 11.3 Å². The fraction of sp³-hybridized carbons (Fsp3) is 0.238. The number of aryl methyl sites for hydroxylation is 1. The molecule has 0 saturated carbocycles. The molecule has 4 rings (SSSR count). The summed E-state index contributed by atoms with van der Waals surface area (Å²) in [5, 5.41) is 22.3. The van der Waals surface area contributed by atoms with Gasteiger partial charge in [0.15, 0.2) is 0 Å². The number of non-ortho nitro benzene ring substituents is 1. The summed E-state index contributed by atoms with van der Waals surface area (Å²) in [6.07, 6.45) is 0.0939. The van der Waals surface area contributed by atoms with Gasteiger partial charge >= 0.3 is 0 Å². The molecule has 1 saturated heterocycles. The molecule has 7 nitrogen and oxygen atoms in total. The van der Waals surface area contributed by atoms with E-state index in [1.165, 1.54) is 23.9 Å². The number of carbonyl (C=O) groups excluding carboxylic acids is 1. The first-order chi connectivity index (χ1) is 14.4. The smallest absolute Gasteiger partial charge is 0.269 e. The van der Waals surface area contributed by atoms with Crippen molar-refractivity contribution in [1.29, 1.82) is 5.26 Å². The Hall–Kier alpha value is -3.02. The number of allylic oxidation sites excluding steroid dienone is 1. The molecule has 9 heteroatoms. The predicted molar refractivity (Wildman–Crippen MR) is 116 cm³/mol. The summed E-state index contributed by atoms with van der Waals surface area (Å²) in [4.78, 5) is 27.3. The van der Waals surface area contributed by atoms with Gasteiger partial charge in [-0.2, -0.15) is 5.26 Å². The van der Waals surface area contributed by atoms with Gasteiger partial charge in [-0.1, -0.05) is 41.6 Å². The fourth-order valence-corrected chi connectivity index (χ4v) is 4.99. The zero-order valence-corrected chi connectivity index (χ0v) is 17.6. The highest BCUT2D eigenvalue weighted by molar-refractivity contribution is 8.03. The summed E-state index contributed by atoms with van der Waals surface area (Å²) in [6.45, 7) is 2.26. The first kappa shape index (κ1) is 20.3. The Balaban J connectivity index is 1.67. The number of anilines is 1. The van der Waals surface area contributed by atoms with Crippen LogP contribution in [0.4, 0.5) is 11.4 Å². The molecule has 2 aromatic rings. The van der Waals surface area contributed by atoms with Gasteiger partial charge in [0.1, 0.15) is 0 Å². The molecule has 1 fully saturated rings. The van der Waals surface area contributed by atoms with E-state index in [9.17, 15) is 20.2 Å². The molecule has 1 atom stereocenters. The molecule has 2 heterocycles. The Bertz CT molecular complexity index is 1130. The summed E-state index contributed by atoms with van der Waals surface area (Å²) in [6, 6.07) is 14.2. The molecule has 152 valence electrons. The average molecular weight is 441 g/mol. The molecule has 0 N–H and O–H groups in total. The lowest BCUT2D eigenvalue weighted by Crippen LogP contribution is -2.47. The van der Waals surface area contributed by atoms with Gasteiger partial charge in [-0.15, -0.1) is 0 Å². The van der Waals surface area contributed by atoms with Gasteiger partial charge in [-0.3, -0.25) is 19.8 Å². The minimum atomic E-state index is -0.485. The second kappa shape index (κ2) is 8.01. The number of nitriles is 1. The van der Waals surface area contributed by atoms with Gasteiger partial charge in [0, 0.05) is 35.2 Å². The number of nitro benzene ring substituents is 1. The van der Waals surface area contributed by atoms with Crippen LogP contribution in [0, 0.1) is 28.4 Å². The number of thioether (sulfide) groups is 1. The quantitative estimate of drug-likeness (QED) is 0.504. The highest BCUT2D eigenvalue weighted by Crippen LogP contribution is 2.43. The van der Waals surface area contributed by atoms with E-state index < -0.39 is 10.8 Å². The fourth-order valence-electron chi connectivity index (χ4n) is 3.64. The topological polar surface area (TPSA) is 90.5 Å². The molecular weight excluding hydrogens is 424 g/mol. The van der Waals surface area contributed by atoms with E-state index in [1.807, 2.05) is 30.0 Å². The molecule has 30 heavy (non-hydrogen) atoms. The number of benzene rings is 2. The van der Waals surface area contributed by atoms with Gasteiger partial charge in [-0.25, -0.2) is 0 Å². The Morgan fingerprint density at radius 2 is 2.10 bits per heavy atom. The van der Waals surface area contributed by atoms with Crippen LogP contribution in [-0.2, 0) is 4.79 Å². The van der Waals surface area contributed by atoms with Crippen molar-refractivity contribution < 1.29 is 9.72 Å². The van der Waals surface area contributed by atoms with Crippen molar-refractivity contribution in [2.45, 2.75) is 19.3 Å². The maximum atomic E-state index is 13.0. The van der Waals surface area contributed by atoms with Gasteiger partial charge in [0.25, 0.3) is 5.69 Å². The summed E-state index contributed by atoms with van der Waals surface area (Å²) in [7, 11) is 0. The van der Waals surface area contributed by atoms with Crippen molar-refractivity contribution >= 4 is 40.6 Å². The summed E-state index contributed by atoms with van der Waals surface area (Å²) in [5.41, 5.74) is 2.91. The van der Waals surface area contributed by atoms with Crippen LogP contribution in [-0.4, -0.2) is 28.3 Å². The number of hydrogen-bond acceptors (Lipinski definition) is 6. The number of amides is 1. The molecule has 1 amide bonds. The Labute approximate surface area is 182 Å². The minimum absolute atomic E-state index is 0.0524. The first-order valence-corrected chi connectivity index (χ1v) is 10.6. The zero-order valence-electron chi connectivity index (χ0n) is 16.0. The third-order valence-corrected chi connectivity index (χ3v) is 6.86. The van der Waals surface area contributed by atoms with Gasteiger partial charge in [0.05, 0.1) is 34.1 Å². The second-order valence-corrected chi connectivity index (χ2v) is 8.49. The Morgan fingerprint density at radius 1 is 1.30 bits per heavy atom. The molecular formula is C21H17ClN4O3S. The summed E-state index contributed by atoms with van der Waals surface area (Å²) in [5.74, 6) is -0.0387. The lowest BCUT2D eigenvalue weighted by Gasteiger charge is -2.42. The molecule has 0 radical (unpaired) electrons. The van der Waals surface area contributed by atoms with Crippen molar-refractivity contribution in [1.82, 2.24) is 4.90 Å². The van der Waals surface area contributed by atoms with Crippen molar-refractivity contribution in [3.8, 4) is 6.07 Å². The highest BCUT2D eigenvalue weighted by Gasteiger charge is 2.38. The van der Waals surface area contributed by atoms with Crippen LogP contribution in [0.5, 0.6) is 0 Å². The maximum Gasteiger partial charge on any atom is 0.269 e. The van der Waals surface area contributed by atoms with Gasteiger partial charge in [0.2, 0.25) is 5.91 Å². The molecule has 2 aliphatic rings. The highest BCUT2D eigenvalue weighted by atomic mass is 35.5. The number of nitrogens with zero attached hydrogens (tertiary/aromatic N) is 4. The van der Waals surface area contributed by atoms with Crippen molar-refractivity contribution in [3.63, 3.8) is 0 Å². The van der Waals surface area contributed by atoms with Crippen molar-refractivity contribution in [2.24, 2.45) is 0 Å². The van der Waals surface area contributed by atoms with Crippen LogP contribution in [0.3, 0.4) is 0 Å². The first-order valence-electron chi connectivity index (χ1n) is 9.22. The van der Waals surface area contributed by atoms with Crippen LogP contribution < -0.4 is 4.90 Å². The lowest BCUT2D eigenvalue weighted by atomic mass is 9.86. The number of halogens is 1. The summed E-state index contributed by atoms with van der Waals surface area (Å²) < 4.78 is 0. The van der Waals surface area contributed by atoms with Crippen LogP contribution >= 0.6 is 23.4 Å². The van der Waals surface area contributed by atoms with Crippen LogP contribution in [0.1, 0.15) is 23.5 Å². The van der Waals surface area contributed by atoms with Gasteiger partial charge in [-0.05, 0) is 30.2 Å². The summed E-state index contributed by atoms with van der Waals surface area (Å²) >= 11 is 7.67. The maximum absolute atomic E-state index is 13.0. The molecule has 2 aliphatic heterocycles. The predicted octanol–water partition coefficient (Wildman–Crippen LogP) is 4.78. The standard InChI is InChI=1S/C21H17ClN4O3S/c1-13-5-6-15(8-19(13)22)24-11-25-20(27)9-17(18(10-23)21(25)30-12-24)14-3-2-4-16(7-14)26(28)29/h2-8,17H,9,11-12H2,1H3/t17-/m0/s1. The Morgan fingerprint density at radius 3 is 2.80 bits per heavy atom. The van der Waals surface area contributed by atoms with E-state index in [2.05, 4.69) is 6.07 Å². The van der Waals surface area contributed by atoms with E-state index in [0.29, 0.717) is 33.7 Å². The van der Waals surface area contributed by atoms with E-state index in [-0.39, 0.29) is 18.0 Å². The van der Waals surface area contributed by atoms with E-state index in [4.69, 9.17) is 11.6 Å². The van der Waals surface area contributed by atoms with Crippen molar-refractivity contribution in [2.75, 3.05) is 17.4 Å². The molecule has 0 spiro atoms. The third-order valence-electron chi connectivity index (χ3n) is 5.30. The van der Waals surface area contributed by atoms with Crippen LogP contribution in [0.15, 0.2) is 53.1 Å². The molecule has 2 aromatic carbocycles. The molecule has 0 aliphatic carbocycles. The molecule has 0 bridgehead atoms. The number of carbonyl (C=O) groups is 1. The van der Waals surface area contributed by atoms with Crippen LogP contribution in [0.25, 0.3) is 0 Å². The number of nitro groups is 1. The van der Waals surface area contributed by atoms with E-state index in [1.54, 1.807) is 17.0 Å². The monoisotopic (exact) mass is 440 g/mol. The average Bonchev–Trinajstić information content (AvgIpc) is 2.75. The number of hydrogen-bond donors (Lipinski definition) is 0. The minimum Gasteiger partial charge on any atom is -0.344 e. The van der Waals surface area contributed by atoms with Gasteiger partial charge < -0.3 is 4.90 Å². The largest absolute Gasteiger partial charge is 0.344 e. The number of fused-ring (bicyclic) bond motifs is 1. The molecule has 0 aromatic heterocycles. The second-order valence-electron chi connectivity index (χ2n) is 7.15. The lowest BCUT2D eigenvalue weighted by molar-refractivity contribution is -0.384. The zero-order chi connectivity index (χ0) is 21.4. The SMILES string of the molecule is Cc1ccc(N2CSC3=C(C#N)[C@H](c4cccc([N+](=O)[O-])c4)CC(=O)N3C2)cc1Cl. The Kier molecular flexibility index (Phi) is 5.41. The van der Waals surface area contributed by atoms with Crippen LogP contribution in [0.2, 0.25) is 5.02 Å². The molecule has 0 unspecified atom stereocenters. The van der Waals surface area contributed by atoms with Crippen molar-refractivity contribution in [3.05, 3.63) is 79.3 Å². The number of rotatable bonds is 3.